The van der Waals surface area contributed by atoms with Gasteiger partial charge in [-0.2, -0.15) is 0 Å². The van der Waals surface area contributed by atoms with Crippen molar-refractivity contribution in [2.75, 3.05) is 0 Å². The number of hydrogen-bond donors (Lipinski definition) is 0. The molecule has 1 aliphatic rings. The van der Waals surface area contributed by atoms with Crippen LogP contribution in [0.3, 0.4) is 0 Å². The van der Waals surface area contributed by atoms with Gasteiger partial charge in [-0.1, -0.05) is 115 Å². The molecule has 0 N–H and O–H groups in total. The third-order valence-corrected chi connectivity index (χ3v) is 8.47. The van der Waals surface area contributed by atoms with E-state index >= 15 is 0 Å². The molecule has 0 bridgehead atoms. The van der Waals surface area contributed by atoms with Crippen LogP contribution in [0.1, 0.15) is 11.1 Å². The Morgan fingerprint density at radius 1 is 0.457 bits per heavy atom. The van der Waals surface area contributed by atoms with Crippen LogP contribution in [0.15, 0.2) is 146 Å². The molecular formula is C41H26N4O. The van der Waals surface area contributed by atoms with Gasteiger partial charge in [0.25, 0.3) is 0 Å². The highest BCUT2D eigenvalue weighted by Gasteiger charge is 2.21. The van der Waals surface area contributed by atoms with Crippen LogP contribution in [-0.4, -0.2) is 19.5 Å². The lowest BCUT2D eigenvalue weighted by atomic mass is 10.1. The van der Waals surface area contributed by atoms with E-state index in [0.29, 0.717) is 17.5 Å². The predicted octanol–water partition coefficient (Wildman–Crippen LogP) is 10.2. The molecule has 0 fully saturated rings. The molecular weight excluding hydrogens is 564 g/mol. The van der Waals surface area contributed by atoms with Gasteiger partial charge in [0.05, 0.1) is 11.0 Å². The molecule has 0 amide bonds. The summed E-state index contributed by atoms with van der Waals surface area (Å²) in [6, 6.07) is 49.5. The topological polar surface area (TPSA) is 52.8 Å². The number of nitrogens with zero attached hydrogens (tertiary/aromatic N) is 4. The van der Waals surface area contributed by atoms with Crippen molar-refractivity contribution in [3.63, 3.8) is 0 Å². The Morgan fingerprint density at radius 2 is 1.09 bits per heavy atom. The fourth-order valence-corrected chi connectivity index (χ4v) is 6.31. The minimum atomic E-state index is 0.618. The molecule has 9 rings (SSSR count). The summed E-state index contributed by atoms with van der Waals surface area (Å²) in [7, 11) is 0. The van der Waals surface area contributed by atoms with Crippen LogP contribution in [0.5, 0.6) is 11.5 Å². The van der Waals surface area contributed by atoms with Gasteiger partial charge in [-0.25, -0.2) is 15.0 Å². The molecule has 0 saturated heterocycles. The molecule has 0 spiro atoms. The summed E-state index contributed by atoms with van der Waals surface area (Å²) >= 11 is 0. The number of fused-ring (bicyclic) bond motifs is 6. The summed E-state index contributed by atoms with van der Waals surface area (Å²) in [5.74, 6) is 3.57. The lowest BCUT2D eigenvalue weighted by Crippen LogP contribution is -2.01. The first-order chi connectivity index (χ1) is 22.8. The van der Waals surface area contributed by atoms with Crippen molar-refractivity contribution in [1.82, 2.24) is 19.5 Å². The van der Waals surface area contributed by atoms with E-state index in [2.05, 4.69) is 83.4 Å². The van der Waals surface area contributed by atoms with E-state index in [1.54, 1.807) is 0 Å². The number of para-hydroxylation sites is 2. The first-order valence-corrected chi connectivity index (χ1v) is 15.3. The highest BCUT2D eigenvalue weighted by atomic mass is 16.5. The summed E-state index contributed by atoms with van der Waals surface area (Å²) < 4.78 is 8.83. The van der Waals surface area contributed by atoms with Crippen LogP contribution in [0.2, 0.25) is 0 Å². The Bertz CT molecular complexity index is 2390. The lowest BCUT2D eigenvalue weighted by molar-refractivity contribution is 0.482. The van der Waals surface area contributed by atoms with E-state index in [1.807, 2.05) is 78.9 Å². The summed E-state index contributed by atoms with van der Waals surface area (Å²) in [5.41, 5.74) is 8.09. The third kappa shape index (κ3) is 4.37. The van der Waals surface area contributed by atoms with Crippen molar-refractivity contribution < 1.29 is 4.74 Å². The molecule has 216 valence electrons. The van der Waals surface area contributed by atoms with Crippen LogP contribution in [-0.2, 0) is 0 Å². The summed E-state index contributed by atoms with van der Waals surface area (Å²) in [4.78, 5) is 14.9. The Hall–Kier alpha value is -6.33. The Labute approximate surface area is 265 Å². The van der Waals surface area contributed by atoms with Crippen LogP contribution in [0.4, 0.5) is 0 Å². The fourth-order valence-electron chi connectivity index (χ4n) is 6.31. The van der Waals surface area contributed by atoms with Gasteiger partial charge in [-0.3, -0.25) is 0 Å². The maximum absolute atomic E-state index is 6.50. The van der Waals surface area contributed by atoms with Gasteiger partial charge >= 0.3 is 0 Å². The van der Waals surface area contributed by atoms with E-state index in [9.17, 15) is 0 Å². The molecule has 5 nitrogen and oxygen atoms in total. The van der Waals surface area contributed by atoms with Gasteiger partial charge in [0.1, 0.15) is 11.5 Å². The second kappa shape index (κ2) is 10.7. The van der Waals surface area contributed by atoms with Crippen molar-refractivity contribution in [2.45, 2.75) is 0 Å². The second-order valence-electron chi connectivity index (χ2n) is 11.3. The number of aromatic nitrogens is 4. The molecule has 0 radical (unpaired) electrons. The molecule has 0 unspecified atom stereocenters. The number of ether oxygens (including phenoxy) is 1. The summed E-state index contributed by atoms with van der Waals surface area (Å²) in [6.45, 7) is 0. The number of benzene rings is 6. The molecule has 0 saturated carbocycles. The molecule has 1 aliphatic heterocycles. The lowest BCUT2D eigenvalue weighted by Gasteiger charge is -2.14. The molecule has 3 heterocycles. The highest BCUT2D eigenvalue weighted by molar-refractivity contribution is 6.13. The quantitative estimate of drug-likeness (QED) is 0.205. The van der Waals surface area contributed by atoms with Crippen molar-refractivity contribution >= 4 is 34.0 Å². The zero-order valence-electron chi connectivity index (χ0n) is 24.7. The predicted molar refractivity (Wildman–Crippen MR) is 186 cm³/mol. The van der Waals surface area contributed by atoms with Crippen molar-refractivity contribution in [2.24, 2.45) is 0 Å². The summed E-state index contributed by atoms with van der Waals surface area (Å²) in [5, 5.41) is 2.34. The van der Waals surface area contributed by atoms with Gasteiger partial charge in [0.2, 0.25) is 0 Å². The van der Waals surface area contributed by atoms with Crippen LogP contribution in [0.25, 0.3) is 73.8 Å². The van der Waals surface area contributed by atoms with Crippen molar-refractivity contribution in [3.8, 4) is 51.3 Å². The standard InChI is InChI=1S/C41H26N4O/c1-3-13-28(14-4-1)39-42-40(29-15-5-2-6-16-29)44-41(43-39)30-17-11-18-31(26-30)45-35-20-9-8-19-32(35)33-24-25-37-34(38(33)45)23-22-27-12-7-10-21-36(27)46-37/h1-26H. The fraction of sp³-hybridized carbons (Fsp3) is 0. The minimum Gasteiger partial charge on any atom is -0.456 e. The van der Waals surface area contributed by atoms with Crippen LogP contribution >= 0.6 is 0 Å². The van der Waals surface area contributed by atoms with Gasteiger partial charge in [-0.15, -0.1) is 0 Å². The van der Waals surface area contributed by atoms with E-state index in [-0.39, 0.29) is 0 Å². The Morgan fingerprint density at radius 3 is 1.85 bits per heavy atom. The highest BCUT2D eigenvalue weighted by Crippen LogP contribution is 2.42. The molecule has 0 atom stereocenters. The zero-order chi connectivity index (χ0) is 30.5. The maximum Gasteiger partial charge on any atom is 0.164 e. The monoisotopic (exact) mass is 590 g/mol. The summed E-state index contributed by atoms with van der Waals surface area (Å²) in [6.07, 6.45) is 4.31. The number of rotatable bonds is 4. The van der Waals surface area contributed by atoms with E-state index in [4.69, 9.17) is 19.7 Å². The number of hydrogen-bond acceptors (Lipinski definition) is 4. The molecule has 46 heavy (non-hydrogen) atoms. The molecule has 5 heteroatoms. The van der Waals surface area contributed by atoms with Gasteiger partial charge in [0, 0.05) is 44.3 Å². The van der Waals surface area contributed by atoms with Gasteiger partial charge in [0.15, 0.2) is 17.5 Å². The average Bonchev–Trinajstić information content (AvgIpc) is 3.34. The minimum absolute atomic E-state index is 0.618. The van der Waals surface area contributed by atoms with Crippen molar-refractivity contribution in [3.05, 3.63) is 157 Å². The first kappa shape index (κ1) is 26.1. The third-order valence-electron chi connectivity index (χ3n) is 8.47. The Kier molecular flexibility index (Phi) is 6.06. The molecule has 6 aromatic carbocycles. The van der Waals surface area contributed by atoms with Gasteiger partial charge in [-0.05, 0) is 42.5 Å². The maximum atomic E-state index is 6.50. The zero-order valence-corrected chi connectivity index (χ0v) is 24.7. The molecule has 2 aromatic heterocycles. The van der Waals surface area contributed by atoms with E-state index < -0.39 is 0 Å². The van der Waals surface area contributed by atoms with Crippen LogP contribution in [0, 0.1) is 0 Å². The van der Waals surface area contributed by atoms with E-state index in [1.165, 1.54) is 5.39 Å². The first-order valence-electron chi connectivity index (χ1n) is 15.3. The van der Waals surface area contributed by atoms with E-state index in [0.717, 1.165) is 61.4 Å². The Balaban J connectivity index is 1.26. The molecule has 0 aliphatic carbocycles. The van der Waals surface area contributed by atoms with Gasteiger partial charge < -0.3 is 9.30 Å². The van der Waals surface area contributed by atoms with Crippen molar-refractivity contribution in [1.29, 1.82) is 0 Å². The normalized spacial score (nSPS) is 12.0. The average molecular weight is 591 g/mol. The smallest absolute Gasteiger partial charge is 0.164 e. The van der Waals surface area contributed by atoms with Crippen LogP contribution < -0.4 is 4.74 Å². The second-order valence-corrected chi connectivity index (χ2v) is 11.3. The SMILES string of the molecule is C1=Cc2c(ccc3c4ccccc4n(-c4cccc(-c5nc(-c6ccccc6)nc(-c6ccccc6)n5)c4)c23)Oc2ccccc21. The largest absolute Gasteiger partial charge is 0.456 e. The molecule has 8 aromatic rings.